The van der Waals surface area contributed by atoms with E-state index in [0.29, 0.717) is 37.6 Å². The summed E-state index contributed by atoms with van der Waals surface area (Å²) in [6.45, 7) is 5.13. The van der Waals surface area contributed by atoms with Gasteiger partial charge in [-0.05, 0) is 43.9 Å². The van der Waals surface area contributed by atoms with Crippen LogP contribution in [0.2, 0.25) is 0 Å². The lowest BCUT2D eigenvalue weighted by Gasteiger charge is -2.32. The number of nitrogens with zero attached hydrogens (tertiary/aromatic N) is 3. The third kappa shape index (κ3) is 5.08. The number of halogens is 1. The third-order valence-electron chi connectivity index (χ3n) is 6.87. The maximum absolute atomic E-state index is 14.4. The summed E-state index contributed by atoms with van der Waals surface area (Å²) in [5, 5.41) is 7.13. The second-order valence-electron chi connectivity index (χ2n) is 9.54. The van der Waals surface area contributed by atoms with Gasteiger partial charge in [0.1, 0.15) is 0 Å². The number of amides is 2. The van der Waals surface area contributed by atoms with Gasteiger partial charge in [0.15, 0.2) is 17.4 Å². The number of benzene rings is 1. The van der Waals surface area contributed by atoms with Crippen LogP contribution in [0.5, 0.6) is 5.75 Å². The van der Waals surface area contributed by atoms with Gasteiger partial charge in [-0.25, -0.2) is 4.39 Å². The SMILES string of the molecule is COc1ccc(C(=O)N2CCCCCCNC(=O)C3CC(c4nc(C(C)C)no4)CC32)cc1F. The van der Waals surface area contributed by atoms with Crippen molar-refractivity contribution < 1.29 is 23.2 Å². The molecule has 9 heteroatoms. The van der Waals surface area contributed by atoms with Gasteiger partial charge in [-0.3, -0.25) is 9.59 Å². The average Bonchev–Trinajstić information content (AvgIpc) is 3.47. The van der Waals surface area contributed by atoms with E-state index in [2.05, 4.69) is 15.5 Å². The first-order chi connectivity index (χ1) is 16.4. The molecular weight excluding hydrogens is 439 g/mol. The van der Waals surface area contributed by atoms with Gasteiger partial charge in [0, 0.05) is 36.5 Å². The molecule has 8 nitrogen and oxygen atoms in total. The van der Waals surface area contributed by atoms with Gasteiger partial charge < -0.3 is 19.5 Å². The highest BCUT2D eigenvalue weighted by molar-refractivity contribution is 5.95. The topological polar surface area (TPSA) is 97.6 Å². The molecule has 2 aliphatic rings. The lowest BCUT2D eigenvalue weighted by Crippen LogP contribution is -2.47. The van der Waals surface area contributed by atoms with Crippen LogP contribution < -0.4 is 10.1 Å². The summed E-state index contributed by atoms with van der Waals surface area (Å²) in [5.41, 5.74) is 0.246. The average molecular weight is 473 g/mol. The van der Waals surface area contributed by atoms with E-state index in [4.69, 9.17) is 9.26 Å². The summed E-state index contributed by atoms with van der Waals surface area (Å²) in [6, 6.07) is 3.91. The first kappa shape index (κ1) is 24.2. The van der Waals surface area contributed by atoms with E-state index in [1.807, 2.05) is 13.8 Å². The molecule has 1 aliphatic carbocycles. The van der Waals surface area contributed by atoms with E-state index in [0.717, 1.165) is 25.7 Å². The predicted molar refractivity (Wildman–Crippen MR) is 123 cm³/mol. The number of fused-ring (bicyclic) bond motifs is 1. The van der Waals surface area contributed by atoms with Crippen molar-refractivity contribution in [2.24, 2.45) is 5.92 Å². The van der Waals surface area contributed by atoms with Crippen molar-refractivity contribution in [2.45, 2.75) is 70.3 Å². The summed E-state index contributed by atoms with van der Waals surface area (Å²) in [7, 11) is 1.39. The molecule has 2 heterocycles. The number of ether oxygens (including phenoxy) is 1. The highest BCUT2D eigenvalue weighted by Crippen LogP contribution is 2.41. The smallest absolute Gasteiger partial charge is 0.254 e. The van der Waals surface area contributed by atoms with Crippen LogP contribution in [-0.4, -0.2) is 53.1 Å². The predicted octanol–water partition coefficient (Wildman–Crippen LogP) is 4.04. The standard InChI is InChI=1S/C25H33FN4O4/c1-15(2)22-28-24(34-29-22)17-12-18-20(14-17)30(11-7-5-4-6-10-27-23(18)31)25(32)16-8-9-21(33-3)19(26)13-16/h8-9,13,15,17-18,20H,4-7,10-12,14H2,1-3H3,(H,27,31). The van der Waals surface area contributed by atoms with Crippen molar-refractivity contribution in [3.8, 4) is 5.75 Å². The van der Waals surface area contributed by atoms with Gasteiger partial charge in [0.25, 0.3) is 5.91 Å². The fourth-order valence-corrected chi connectivity index (χ4v) is 4.98. The Morgan fingerprint density at radius 3 is 2.74 bits per heavy atom. The number of carbonyl (C=O) groups is 2. The van der Waals surface area contributed by atoms with E-state index < -0.39 is 11.7 Å². The quantitative estimate of drug-likeness (QED) is 0.721. The molecule has 0 spiro atoms. The molecular formula is C25H33FN4O4. The molecule has 1 aliphatic heterocycles. The van der Waals surface area contributed by atoms with E-state index in [-0.39, 0.29) is 41.0 Å². The van der Waals surface area contributed by atoms with Crippen LogP contribution in [-0.2, 0) is 4.79 Å². The summed E-state index contributed by atoms with van der Waals surface area (Å²) < 4.78 is 24.9. The molecule has 2 aromatic rings. The van der Waals surface area contributed by atoms with Crippen LogP contribution in [0.1, 0.15) is 86.3 Å². The summed E-state index contributed by atoms with van der Waals surface area (Å²) in [5.74, 6) is -0.0731. The van der Waals surface area contributed by atoms with Crippen LogP contribution in [0, 0.1) is 11.7 Å². The molecule has 0 bridgehead atoms. The normalized spacial score (nSPS) is 23.9. The van der Waals surface area contributed by atoms with Crippen LogP contribution in [0.4, 0.5) is 4.39 Å². The Kier molecular flexibility index (Phi) is 7.48. The number of hydrogen-bond acceptors (Lipinski definition) is 6. The van der Waals surface area contributed by atoms with Crippen LogP contribution in [0.25, 0.3) is 0 Å². The van der Waals surface area contributed by atoms with Gasteiger partial charge >= 0.3 is 0 Å². The zero-order valence-electron chi connectivity index (χ0n) is 20.1. The monoisotopic (exact) mass is 472 g/mol. The zero-order chi connectivity index (χ0) is 24.2. The van der Waals surface area contributed by atoms with Gasteiger partial charge in [-0.1, -0.05) is 31.8 Å². The Bertz CT molecular complexity index is 1020. The Balaban J connectivity index is 1.65. The van der Waals surface area contributed by atoms with Crippen molar-refractivity contribution in [1.82, 2.24) is 20.4 Å². The molecule has 184 valence electrons. The number of methoxy groups -OCH3 is 1. The summed E-state index contributed by atoms with van der Waals surface area (Å²) in [4.78, 5) is 33.1. The molecule has 1 aromatic heterocycles. The minimum absolute atomic E-state index is 0.0586. The second-order valence-corrected chi connectivity index (χ2v) is 9.54. The van der Waals surface area contributed by atoms with Crippen molar-refractivity contribution >= 4 is 11.8 Å². The maximum atomic E-state index is 14.4. The Hall–Kier alpha value is -2.97. The molecule has 1 saturated heterocycles. The van der Waals surface area contributed by atoms with Crippen LogP contribution in [0.15, 0.2) is 22.7 Å². The molecule has 1 aromatic carbocycles. The minimum Gasteiger partial charge on any atom is -0.494 e. The Morgan fingerprint density at radius 2 is 2.03 bits per heavy atom. The molecule has 1 N–H and O–H groups in total. The van der Waals surface area contributed by atoms with Crippen molar-refractivity contribution in [3.05, 3.63) is 41.3 Å². The van der Waals surface area contributed by atoms with E-state index in [1.54, 1.807) is 11.0 Å². The first-order valence-corrected chi connectivity index (χ1v) is 12.1. The molecule has 2 fully saturated rings. The Morgan fingerprint density at radius 1 is 1.24 bits per heavy atom. The molecule has 0 radical (unpaired) electrons. The Labute approximate surface area is 199 Å². The van der Waals surface area contributed by atoms with E-state index >= 15 is 0 Å². The van der Waals surface area contributed by atoms with E-state index in [9.17, 15) is 14.0 Å². The maximum Gasteiger partial charge on any atom is 0.254 e. The minimum atomic E-state index is -0.586. The van der Waals surface area contributed by atoms with Crippen molar-refractivity contribution in [1.29, 1.82) is 0 Å². The van der Waals surface area contributed by atoms with Crippen molar-refractivity contribution in [2.75, 3.05) is 20.2 Å². The molecule has 34 heavy (non-hydrogen) atoms. The summed E-state index contributed by atoms with van der Waals surface area (Å²) >= 11 is 0. The highest BCUT2D eigenvalue weighted by Gasteiger charge is 2.45. The van der Waals surface area contributed by atoms with Crippen LogP contribution >= 0.6 is 0 Å². The fourth-order valence-electron chi connectivity index (χ4n) is 4.98. The third-order valence-corrected chi connectivity index (χ3v) is 6.87. The van der Waals surface area contributed by atoms with E-state index in [1.165, 1.54) is 19.2 Å². The zero-order valence-corrected chi connectivity index (χ0v) is 20.1. The molecule has 1 saturated carbocycles. The first-order valence-electron chi connectivity index (χ1n) is 12.1. The van der Waals surface area contributed by atoms with Gasteiger partial charge in [0.05, 0.1) is 13.0 Å². The lowest BCUT2D eigenvalue weighted by atomic mass is 9.99. The number of rotatable bonds is 4. The van der Waals surface area contributed by atoms with Gasteiger partial charge in [-0.2, -0.15) is 4.98 Å². The second kappa shape index (κ2) is 10.5. The molecule has 4 rings (SSSR count). The van der Waals surface area contributed by atoms with Crippen LogP contribution in [0.3, 0.4) is 0 Å². The summed E-state index contributed by atoms with van der Waals surface area (Å²) in [6.07, 6.45) is 4.74. The van der Waals surface area contributed by atoms with Gasteiger partial charge in [-0.15, -0.1) is 0 Å². The molecule has 3 atom stereocenters. The number of hydrogen-bond donors (Lipinski definition) is 1. The lowest BCUT2D eigenvalue weighted by molar-refractivity contribution is -0.126. The largest absolute Gasteiger partial charge is 0.494 e. The van der Waals surface area contributed by atoms with Gasteiger partial charge in [0.2, 0.25) is 11.8 Å². The number of aromatic nitrogens is 2. The molecule has 2 amide bonds. The fraction of sp³-hybridized carbons (Fsp3) is 0.600. The highest BCUT2D eigenvalue weighted by atomic mass is 19.1. The van der Waals surface area contributed by atoms with Crippen molar-refractivity contribution in [3.63, 3.8) is 0 Å². The molecule has 3 unspecified atom stereocenters. The number of carbonyl (C=O) groups excluding carboxylic acids is 2. The number of nitrogens with one attached hydrogen (secondary N) is 1.